The van der Waals surface area contributed by atoms with E-state index in [0.717, 1.165) is 37.2 Å². The van der Waals surface area contributed by atoms with Crippen LogP contribution in [0.1, 0.15) is 53.3 Å². The normalized spacial score (nSPS) is 17.4. The monoisotopic (exact) mass is 393 g/mol. The lowest BCUT2D eigenvalue weighted by atomic mass is 10.1. The van der Waals surface area contributed by atoms with Gasteiger partial charge in [-0.1, -0.05) is 0 Å². The van der Waals surface area contributed by atoms with Crippen molar-refractivity contribution in [2.24, 2.45) is 0 Å². The summed E-state index contributed by atoms with van der Waals surface area (Å²) in [7, 11) is 0. The van der Waals surface area contributed by atoms with Crippen molar-refractivity contribution in [1.82, 2.24) is 9.88 Å². The Bertz CT molecular complexity index is 867. The van der Waals surface area contributed by atoms with E-state index in [1.807, 2.05) is 29.2 Å². The van der Waals surface area contributed by atoms with Crippen molar-refractivity contribution in [2.75, 3.05) is 31.1 Å². The minimum atomic E-state index is 0.0234. The molecule has 1 aliphatic heterocycles. The van der Waals surface area contributed by atoms with Gasteiger partial charge in [-0.2, -0.15) is 0 Å². The van der Waals surface area contributed by atoms with Crippen molar-refractivity contribution in [3.05, 3.63) is 53.7 Å². The first kappa shape index (κ1) is 19.4. The van der Waals surface area contributed by atoms with Gasteiger partial charge in [-0.15, -0.1) is 0 Å². The molecule has 1 amide bonds. The third kappa shape index (κ3) is 4.58. The predicted octanol–water partition coefficient (Wildman–Crippen LogP) is 3.57. The highest BCUT2D eigenvalue weighted by Crippen LogP contribution is 2.24. The molecular weight excluding hydrogens is 366 g/mol. The number of hydrogen-bond acceptors (Lipinski definition) is 5. The zero-order valence-electron chi connectivity index (χ0n) is 16.8. The molecule has 1 aromatic heterocycles. The number of piperazine rings is 1. The Kier molecular flexibility index (Phi) is 5.79. The predicted molar refractivity (Wildman–Crippen MR) is 112 cm³/mol. The quantitative estimate of drug-likeness (QED) is 0.727. The molecule has 6 heteroatoms. The topological polar surface area (TPSA) is 62.7 Å². The molecule has 4 rings (SSSR count). The van der Waals surface area contributed by atoms with Gasteiger partial charge in [-0.3, -0.25) is 9.59 Å². The Morgan fingerprint density at radius 2 is 1.66 bits per heavy atom. The number of nitrogens with zero attached hydrogens (tertiary/aromatic N) is 3. The summed E-state index contributed by atoms with van der Waals surface area (Å²) in [5, 5.41) is 0. The molecule has 2 fully saturated rings. The van der Waals surface area contributed by atoms with Gasteiger partial charge in [0.1, 0.15) is 6.10 Å². The summed E-state index contributed by atoms with van der Waals surface area (Å²) in [4.78, 5) is 32.8. The van der Waals surface area contributed by atoms with Gasteiger partial charge < -0.3 is 14.5 Å². The number of ketones is 1. The lowest BCUT2D eigenvalue weighted by Gasteiger charge is -2.36. The number of carbonyl (C=O) groups is 2. The number of aromatic nitrogens is 1. The van der Waals surface area contributed by atoms with Crippen LogP contribution in [0.15, 0.2) is 42.6 Å². The number of carbonyl (C=O) groups excluding carboxylic acids is 2. The van der Waals surface area contributed by atoms with Crippen LogP contribution in [0.2, 0.25) is 0 Å². The summed E-state index contributed by atoms with van der Waals surface area (Å²) in [6, 6.07) is 11.2. The van der Waals surface area contributed by atoms with Crippen LogP contribution in [0.5, 0.6) is 5.88 Å². The molecule has 0 spiro atoms. The van der Waals surface area contributed by atoms with Gasteiger partial charge >= 0.3 is 0 Å². The van der Waals surface area contributed by atoms with E-state index in [9.17, 15) is 9.59 Å². The maximum Gasteiger partial charge on any atom is 0.254 e. The van der Waals surface area contributed by atoms with Gasteiger partial charge in [0.25, 0.3) is 5.91 Å². The number of pyridine rings is 1. The number of benzene rings is 1. The van der Waals surface area contributed by atoms with Crippen molar-refractivity contribution in [3.8, 4) is 5.88 Å². The van der Waals surface area contributed by atoms with E-state index in [2.05, 4.69) is 9.88 Å². The van der Waals surface area contributed by atoms with Crippen LogP contribution in [0, 0.1) is 0 Å². The van der Waals surface area contributed by atoms with Gasteiger partial charge in [0, 0.05) is 55.3 Å². The molecule has 2 aliphatic rings. The summed E-state index contributed by atoms with van der Waals surface area (Å²) in [6.45, 7) is 4.43. The highest BCUT2D eigenvalue weighted by Gasteiger charge is 2.23. The smallest absolute Gasteiger partial charge is 0.254 e. The number of rotatable bonds is 5. The van der Waals surface area contributed by atoms with Crippen LogP contribution in [-0.2, 0) is 0 Å². The third-order valence-electron chi connectivity index (χ3n) is 5.78. The Balaban J connectivity index is 1.35. The van der Waals surface area contributed by atoms with Crippen molar-refractivity contribution < 1.29 is 14.3 Å². The van der Waals surface area contributed by atoms with E-state index in [0.29, 0.717) is 24.5 Å². The fourth-order valence-corrected chi connectivity index (χ4v) is 4.04. The van der Waals surface area contributed by atoms with Crippen molar-refractivity contribution in [1.29, 1.82) is 0 Å². The number of hydrogen-bond donors (Lipinski definition) is 0. The maximum absolute atomic E-state index is 12.9. The second-order valence-corrected chi connectivity index (χ2v) is 7.79. The van der Waals surface area contributed by atoms with Crippen molar-refractivity contribution in [3.63, 3.8) is 0 Å². The number of anilines is 1. The van der Waals surface area contributed by atoms with Crippen LogP contribution in [0.3, 0.4) is 0 Å². The molecule has 0 N–H and O–H groups in total. The Morgan fingerprint density at radius 1 is 0.966 bits per heavy atom. The lowest BCUT2D eigenvalue weighted by molar-refractivity contribution is 0.0745. The summed E-state index contributed by atoms with van der Waals surface area (Å²) in [6.07, 6.45) is 6.41. The van der Waals surface area contributed by atoms with E-state index < -0.39 is 0 Å². The van der Waals surface area contributed by atoms with E-state index >= 15 is 0 Å². The molecule has 1 aliphatic carbocycles. The molecule has 0 atom stereocenters. The largest absolute Gasteiger partial charge is 0.474 e. The molecule has 152 valence electrons. The van der Waals surface area contributed by atoms with Gasteiger partial charge in [0.05, 0.1) is 0 Å². The van der Waals surface area contributed by atoms with Crippen molar-refractivity contribution in [2.45, 2.75) is 38.7 Å². The van der Waals surface area contributed by atoms with Gasteiger partial charge in [0.2, 0.25) is 5.88 Å². The Hall–Kier alpha value is -2.89. The average molecular weight is 393 g/mol. The minimum Gasteiger partial charge on any atom is -0.474 e. The molecule has 0 bridgehead atoms. The maximum atomic E-state index is 12.9. The molecule has 6 nitrogen and oxygen atoms in total. The highest BCUT2D eigenvalue weighted by atomic mass is 16.5. The summed E-state index contributed by atoms with van der Waals surface area (Å²) < 4.78 is 5.94. The van der Waals surface area contributed by atoms with E-state index in [1.165, 1.54) is 12.8 Å². The van der Waals surface area contributed by atoms with E-state index in [4.69, 9.17) is 4.74 Å². The Morgan fingerprint density at radius 3 is 2.31 bits per heavy atom. The van der Waals surface area contributed by atoms with Crippen LogP contribution < -0.4 is 9.64 Å². The highest BCUT2D eigenvalue weighted by molar-refractivity contribution is 5.95. The standard InChI is InChI=1S/C23H27N3O3/c1-17(27)18-6-8-20(9-7-18)25-12-14-26(15-13-25)23(28)19-10-11-24-22(16-19)29-21-4-2-3-5-21/h6-11,16,21H,2-5,12-15H2,1H3. The second-order valence-electron chi connectivity index (χ2n) is 7.79. The summed E-state index contributed by atoms with van der Waals surface area (Å²) >= 11 is 0. The van der Waals surface area contributed by atoms with E-state index in [1.54, 1.807) is 25.3 Å². The summed E-state index contributed by atoms with van der Waals surface area (Å²) in [5.74, 6) is 0.641. The first-order valence-electron chi connectivity index (χ1n) is 10.4. The lowest BCUT2D eigenvalue weighted by Crippen LogP contribution is -2.48. The Labute approximate surface area is 171 Å². The van der Waals surface area contributed by atoms with Crippen molar-refractivity contribution >= 4 is 17.4 Å². The van der Waals surface area contributed by atoms with Crippen LogP contribution >= 0.6 is 0 Å². The molecule has 1 saturated heterocycles. The van der Waals surface area contributed by atoms with Crippen LogP contribution in [0.4, 0.5) is 5.69 Å². The molecule has 2 heterocycles. The third-order valence-corrected chi connectivity index (χ3v) is 5.78. The van der Waals surface area contributed by atoms with Crippen LogP contribution in [0.25, 0.3) is 0 Å². The molecule has 0 radical (unpaired) electrons. The summed E-state index contributed by atoms with van der Waals surface area (Å²) in [5.41, 5.74) is 2.43. The van der Waals surface area contributed by atoms with Crippen LogP contribution in [-0.4, -0.2) is 53.9 Å². The molecule has 2 aromatic rings. The molecule has 1 aromatic carbocycles. The number of amides is 1. The fourth-order valence-electron chi connectivity index (χ4n) is 4.04. The average Bonchev–Trinajstić information content (AvgIpc) is 3.26. The molecule has 1 saturated carbocycles. The van der Waals surface area contributed by atoms with Gasteiger partial charge in [-0.05, 0) is 62.9 Å². The van der Waals surface area contributed by atoms with E-state index in [-0.39, 0.29) is 17.8 Å². The molecule has 0 unspecified atom stereocenters. The second kappa shape index (κ2) is 8.64. The molecular formula is C23H27N3O3. The first-order chi connectivity index (χ1) is 14.1. The zero-order valence-corrected chi connectivity index (χ0v) is 16.8. The van der Waals surface area contributed by atoms with Gasteiger partial charge in [0.15, 0.2) is 5.78 Å². The first-order valence-corrected chi connectivity index (χ1v) is 10.4. The van der Waals surface area contributed by atoms with Gasteiger partial charge in [-0.25, -0.2) is 4.98 Å². The zero-order chi connectivity index (χ0) is 20.2. The fraction of sp³-hybridized carbons (Fsp3) is 0.435. The minimum absolute atomic E-state index is 0.0234. The number of Topliss-reactive ketones (excluding diaryl/α,β-unsaturated/α-hetero) is 1. The SMILES string of the molecule is CC(=O)c1ccc(N2CCN(C(=O)c3ccnc(OC4CCCC4)c3)CC2)cc1. The number of ether oxygens (including phenoxy) is 1. The molecule has 29 heavy (non-hydrogen) atoms.